The van der Waals surface area contributed by atoms with Crippen molar-refractivity contribution in [3.8, 4) is 0 Å². The van der Waals surface area contributed by atoms with Gasteiger partial charge in [0.05, 0.1) is 5.56 Å². The zero-order valence-electron chi connectivity index (χ0n) is 8.07. The highest BCUT2D eigenvalue weighted by atomic mass is 16.4. The number of carbonyl (C=O) groups is 2. The van der Waals surface area contributed by atoms with E-state index in [1.165, 1.54) is 6.07 Å². The average molecular weight is 203 g/mol. The molecule has 0 spiro atoms. The SMILES string of the molecule is Cc1c(C(=O)O)ccc2c(C=O)c[nH]c12. The highest BCUT2D eigenvalue weighted by Crippen LogP contribution is 2.23. The smallest absolute Gasteiger partial charge is 0.336 e. The van der Waals surface area contributed by atoms with Crippen LogP contribution in [0.15, 0.2) is 18.3 Å². The number of carbonyl (C=O) groups excluding carboxylic acids is 1. The minimum atomic E-state index is -0.961. The summed E-state index contributed by atoms with van der Waals surface area (Å²) in [6.45, 7) is 1.72. The number of nitrogens with one attached hydrogen (secondary N) is 1. The molecule has 0 bridgehead atoms. The number of H-pyrrole nitrogens is 1. The molecule has 0 fully saturated rings. The molecule has 2 rings (SSSR count). The van der Waals surface area contributed by atoms with Gasteiger partial charge >= 0.3 is 5.97 Å². The molecule has 4 nitrogen and oxygen atoms in total. The number of hydrogen-bond acceptors (Lipinski definition) is 2. The monoisotopic (exact) mass is 203 g/mol. The predicted molar refractivity (Wildman–Crippen MR) is 55.4 cm³/mol. The lowest BCUT2D eigenvalue weighted by atomic mass is 10.0. The summed E-state index contributed by atoms with van der Waals surface area (Å²) in [6.07, 6.45) is 2.33. The number of aromatic carboxylic acids is 1. The number of rotatable bonds is 2. The molecule has 76 valence electrons. The number of aldehydes is 1. The van der Waals surface area contributed by atoms with Crippen molar-refractivity contribution in [1.82, 2.24) is 4.98 Å². The van der Waals surface area contributed by atoms with Crippen LogP contribution in [0.2, 0.25) is 0 Å². The molecule has 1 aromatic carbocycles. The van der Waals surface area contributed by atoms with E-state index >= 15 is 0 Å². The average Bonchev–Trinajstić information content (AvgIpc) is 2.61. The summed E-state index contributed by atoms with van der Waals surface area (Å²) >= 11 is 0. The maximum absolute atomic E-state index is 10.9. The normalized spacial score (nSPS) is 10.5. The van der Waals surface area contributed by atoms with Crippen molar-refractivity contribution in [2.75, 3.05) is 0 Å². The van der Waals surface area contributed by atoms with Gasteiger partial charge in [0.2, 0.25) is 0 Å². The Morgan fingerprint density at radius 1 is 1.47 bits per heavy atom. The van der Waals surface area contributed by atoms with Gasteiger partial charge in [-0.1, -0.05) is 6.07 Å². The summed E-state index contributed by atoms with van der Waals surface area (Å²) in [5.74, 6) is -0.961. The van der Waals surface area contributed by atoms with E-state index in [0.717, 1.165) is 11.7 Å². The molecule has 1 heterocycles. The van der Waals surface area contributed by atoms with Crippen LogP contribution in [0.25, 0.3) is 10.9 Å². The van der Waals surface area contributed by atoms with Gasteiger partial charge < -0.3 is 10.1 Å². The lowest BCUT2D eigenvalue weighted by molar-refractivity contribution is 0.0696. The highest BCUT2D eigenvalue weighted by molar-refractivity contribution is 6.02. The van der Waals surface area contributed by atoms with Gasteiger partial charge in [0, 0.05) is 22.7 Å². The molecule has 0 aliphatic heterocycles. The number of aromatic nitrogens is 1. The third-order valence-corrected chi connectivity index (χ3v) is 2.51. The summed E-state index contributed by atoms with van der Waals surface area (Å²) in [5.41, 5.74) is 2.15. The minimum absolute atomic E-state index is 0.252. The van der Waals surface area contributed by atoms with E-state index in [-0.39, 0.29) is 5.56 Å². The van der Waals surface area contributed by atoms with Gasteiger partial charge in [-0.15, -0.1) is 0 Å². The largest absolute Gasteiger partial charge is 0.478 e. The third-order valence-electron chi connectivity index (χ3n) is 2.51. The molecule has 2 aromatic rings. The van der Waals surface area contributed by atoms with E-state index in [2.05, 4.69) is 4.98 Å². The van der Waals surface area contributed by atoms with Crippen molar-refractivity contribution in [3.05, 3.63) is 35.0 Å². The zero-order chi connectivity index (χ0) is 11.0. The van der Waals surface area contributed by atoms with Crippen LogP contribution >= 0.6 is 0 Å². The van der Waals surface area contributed by atoms with Gasteiger partial charge in [-0.25, -0.2) is 4.79 Å². The van der Waals surface area contributed by atoms with Crippen molar-refractivity contribution in [2.24, 2.45) is 0 Å². The quantitative estimate of drug-likeness (QED) is 0.733. The van der Waals surface area contributed by atoms with Gasteiger partial charge in [-0.05, 0) is 18.6 Å². The Kier molecular flexibility index (Phi) is 2.04. The number of benzene rings is 1. The second-order valence-corrected chi connectivity index (χ2v) is 3.33. The standard InChI is InChI=1S/C11H9NO3/c1-6-8(11(14)15)2-3-9-7(5-13)4-12-10(6)9/h2-5,12H,1H3,(H,14,15). The fraction of sp³-hybridized carbons (Fsp3) is 0.0909. The van der Waals surface area contributed by atoms with Crippen LogP contribution in [0.1, 0.15) is 26.3 Å². The molecule has 0 saturated heterocycles. The first-order valence-corrected chi connectivity index (χ1v) is 4.44. The van der Waals surface area contributed by atoms with Crippen LogP contribution in [0.4, 0.5) is 0 Å². The molecule has 0 aliphatic carbocycles. The number of fused-ring (bicyclic) bond motifs is 1. The zero-order valence-corrected chi connectivity index (χ0v) is 8.07. The van der Waals surface area contributed by atoms with Crippen LogP contribution in [-0.4, -0.2) is 22.3 Å². The van der Waals surface area contributed by atoms with Gasteiger partial charge in [0.25, 0.3) is 0 Å². The fourth-order valence-corrected chi connectivity index (χ4v) is 1.70. The molecule has 1 aromatic heterocycles. The molecule has 0 amide bonds. The van der Waals surface area contributed by atoms with E-state index in [1.54, 1.807) is 19.2 Å². The van der Waals surface area contributed by atoms with E-state index < -0.39 is 5.97 Å². The number of carboxylic acids is 1. The van der Waals surface area contributed by atoms with E-state index in [9.17, 15) is 9.59 Å². The Hall–Kier alpha value is -2.10. The first-order valence-electron chi connectivity index (χ1n) is 4.44. The van der Waals surface area contributed by atoms with Crippen LogP contribution < -0.4 is 0 Å². The molecule has 0 aliphatic rings. The van der Waals surface area contributed by atoms with Crippen molar-refractivity contribution in [2.45, 2.75) is 6.92 Å². The summed E-state index contributed by atoms with van der Waals surface area (Å²) < 4.78 is 0. The Morgan fingerprint density at radius 3 is 2.80 bits per heavy atom. The van der Waals surface area contributed by atoms with Gasteiger partial charge in [-0.2, -0.15) is 0 Å². The summed E-state index contributed by atoms with van der Waals surface area (Å²) in [6, 6.07) is 3.16. The molecule has 0 atom stereocenters. The van der Waals surface area contributed by atoms with Crippen molar-refractivity contribution < 1.29 is 14.7 Å². The number of aromatic amines is 1. The Labute approximate surface area is 85.5 Å². The Bertz CT molecular complexity index is 554. The maximum atomic E-state index is 10.9. The molecule has 0 saturated carbocycles. The van der Waals surface area contributed by atoms with Gasteiger partial charge in [0.1, 0.15) is 0 Å². The van der Waals surface area contributed by atoms with Gasteiger partial charge in [0.15, 0.2) is 6.29 Å². The second-order valence-electron chi connectivity index (χ2n) is 3.33. The van der Waals surface area contributed by atoms with Crippen molar-refractivity contribution in [3.63, 3.8) is 0 Å². The molecule has 2 N–H and O–H groups in total. The molecule has 0 radical (unpaired) electrons. The molecule has 0 unspecified atom stereocenters. The predicted octanol–water partition coefficient (Wildman–Crippen LogP) is 1.99. The molecular formula is C11H9NO3. The highest BCUT2D eigenvalue weighted by Gasteiger charge is 2.12. The van der Waals surface area contributed by atoms with Crippen LogP contribution in [0, 0.1) is 6.92 Å². The topological polar surface area (TPSA) is 70.2 Å². The molecule has 4 heteroatoms. The summed E-state index contributed by atoms with van der Waals surface area (Å²) in [4.78, 5) is 24.4. The van der Waals surface area contributed by atoms with E-state index in [1.807, 2.05) is 0 Å². The third kappa shape index (κ3) is 1.30. The van der Waals surface area contributed by atoms with Crippen LogP contribution in [-0.2, 0) is 0 Å². The van der Waals surface area contributed by atoms with E-state index in [4.69, 9.17) is 5.11 Å². The van der Waals surface area contributed by atoms with Crippen molar-refractivity contribution >= 4 is 23.2 Å². The van der Waals surface area contributed by atoms with Crippen molar-refractivity contribution in [1.29, 1.82) is 0 Å². The molecule has 15 heavy (non-hydrogen) atoms. The second kappa shape index (κ2) is 3.24. The molecular weight excluding hydrogens is 194 g/mol. The number of carboxylic acid groups (broad SMARTS) is 1. The number of hydrogen-bond donors (Lipinski definition) is 2. The van der Waals surface area contributed by atoms with Gasteiger partial charge in [-0.3, -0.25) is 4.79 Å². The summed E-state index contributed by atoms with van der Waals surface area (Å²) in [7, 11) is 0. The fourth-order valence-electron chi connectivity index (χ4n) is 1.70. The first kappa shape index (κ1) is 9.45. The Morgan fingerprint density at radius 2 is 2.20 bits per heavy atom. The lowest BCUT2D eigenvalue weighted by Crippen LogP contribution is -1.99. The Balaban J connectivity index is 2.81. The minimum Gasteiger partial charge on any atom is -0.478 e. The lowest BCUT2D eigenvalue weighted by Gasteiger charge is -2.01. The van der Waals surface area contributed by atoms with Crippen LogP contribution in [0.3, 0.4) is 0 Å². The number of aryl methyl sites for hydroxylation is 1. The van der Waals surface area contributed by atoms with Crippen LogP contribution in [0.5, 0.6) is 0 Å². The maximum Gasteiger partial charge on any atom is 0.336 e. The summed E-state index contributed by atoms with van der Waals surface area (Å²) in [5, 5.41) is 9.66. The first-order chi connectivity index (χ1) is 7.15. The van der Waals surface area contributed by atoms with E-state index in [0.29, 0.717) is 16.6 Å².